The molecule has 1 saturated heterocycles. The predicted octanol–water partition coefficient (Wildman–Crippen LogP) is 4.90. The van der Waals surface area contributed by atoms with E-state index in [1.807, 2.05) is 87.5 Å². The second-order valence-corrected chi connectivity index (χ2v) is 9.71. The minimum Gasteiger partial charge on any atom is -0.463 e. The largest absolute Gasteiger partial charge is 0.463 e. The molecule has 3 aromatic rings. The molecule has 3 aromatic carbocycles. The molecule has 3 N–H and O–H groups in total. The van der Waals surface area contributed by atoms with Gasteiger partial charge in [-0.2, -0.15) is 0 Å². The van der Waals surface area contributed by atoms with Gasteiger partial charge in [-0.15, -0.1) is 4.99 Å². The maximum absolute atomic E-state index is 13.4. The van der Waals surface area contributed by atoms with Crippen LogP contribution in [0.25, 0.3) is 0 Å². The van der Waals surface area contributed by atoms with Gasteiger partial charge in [0.15, 0.2) is 0 Å². The molecule has 3 amide bonds. The molecule has 4 rings (SSSR count). The highest BCUT2D eigenvalue weighted by Gasteiger charge is 2.40. The lowest BCUT2D eigenvalue weighted by molar-refractivity contribution is -0.131. The van der Waals surface area contributed by atoms with Crippen LogP contribution >= 0.6 is 0 Å². The Balaban J connectivity index is 1.74. The number of nitrogens with zero attached hydrogens (tertiary/aromatic N) is 2. The molecule has 1 aliphatic heterocycles. The molecular formula is C29H30N4O4. The SMILES string of the molecule is C[C@H](NC(=O)c1cccc(C(c2ccccc2)N2C(=O)CC(C)(C)N/C2=N/C(=O)O)c1)c1ccccc1. The second-order valence-electron chi connectivity index (χ2n) is 9.71. The van der Waals surface area contributed by atoms with Gasteiger partial charge in [0.1, 0.15) is 0 Å². The summed E-state index contributed by atoms with van der Waals surface area (Å²) in [5.41, 5.74) is 2.15. The van der Waals surface area contributed by atoms with Crippen molar-refractivity contribution in [2.75, 3.05) is 0 Å². The highest BCUT2D eigenvalue weighted by Crippen LogP contribution is 2.33. The number of aliphatic imine (C=N–C) groups is 1. The molecule has 1 fully saturated rings. The number of hydrogen-bond donors (Lipinski definition) is 3. The molecule has 1 heterocycles. The topological polar surface area (TPSA) is 111 Å². The maximum Gasteiger partial charge on any atom is 0.434 e. The lowest BCUT2D eigenvalue weighted by Gasteiger charge is -2.42. The highest BCUT2D eigenvalue weighted by atomic mass is 16.4. The summed E-state index contributed by atoms with van der Waals surface area (Å²) in [7, 11) is 0. The first-order valence-electron chi connectivity index (χ1n) is 12.1. The minimum absolute atomic E-state index is 0.0462. The number of carbonyl (C=O) groups is 3. The average molecular weight is 499 g/mol. The number of guanidine groups is 1. The molecule has 0 radical (unpaired) electrons. The summed E-state index contributed by atoms with van der Waals surface area (Å²) in [5, 5.41) is 15.6. The normalized spacial score (nSPS) is 17.5. The minimum atomic E-state index is -1.41. The Morgan fingerprint density at radius 2 is 1.54 bits per heavy atom. The maximum atomic E-state index is 13.4. The van der Waals surface area contributed by atoms with Crippen molar-refractivity contribution in [3.05, 3.63) is 107 Å². The number of rotatable bonds is 6. The van der Waals surface area contributed by atoms with Crippen LogP contribution in [0.4, 0.5) is 4.79 Å². The monoisotopic (exact) mass is 498 g/mol. The molecule has 0 spiro atoms. The van der Waals surface area contributed by atoms with E-state index in [1.54, 1.807) is 18.2 Å². The van der Waals surface area contributed by atoms with Gasteiger partial charge >= 0.3 is 6.09 Å². The zero-order valence-electron chi connectivity index (χ0n) is 21.0. The van der Waals surface area contributed by atoms with E-state index in [2.05, 4.69) is 15.6 Å². The Labute approximate surface area is 216 Å². The Bertz CT molecular complexity index is 1320. The molecule has 190 valence electrons. The highest BCUT2D eigenvalue weighted by molar-refractivity contribution is 6.04. The van der Waals surface area contributed by atoms with Gasteiger partial charge in [-0.3, -0.25) is 14.5 Å². The number of carbonyl (C=O) groups excluding carboxylic acids is 2. The van der Waals surface area contributed by atoms with Crippen molar-refractivity contribution >= 4 is 23.9 Å². The molecule has 8 nitrogen and oxygen atoms in total. The van der Waals surface area contributed by atoms with Crippen molar-refractivity contribution in [1.82, 2.24) is 15.5 Å². The van der Waals surface area contributed by atoms with Gasteiger partial charge in [-0.1, -0.05) is 72.8 Å². The number of benzene rings is 3. The third-order valence-electron chi connectivity index (χ3n) is 6.23. The van der Waals surface area contributed by atoms with Gasteiger partial charge < -0.3 is 15.7 Å². The van der Waals surface area contributed by atoms with Gasteiger partial charge in [-0.05, 0) is 49.6 Å². The standard InChI is InChI=1S/C29H30N4O4/c1-19(20-11-6-4-7-12-20)30-26(35)23-16-10-15-22(17-23)25(21-13-8-5-9-14-21)33-24(34)18-29(2,3)32-27(33)31-28(36)37/h4-17,19,25H,18H2,1-3H3,(H,30,35)(H,31,32)(H,36,37)/t19-,25?/m0/s1. The summed E-state index contributed by atoms with van der Waals surface area (Å²) in [6.07, 6.45) is -1.27. The molecule has 0 saturated carbocycles. The van der Waals surface area contributed by atoms with Crippen LogP contribution in [0.2, 0.25) is 0 Å². The lowest BCUT2D eigenvalue weighted by atomic mass is 9.91. The van der Waals surface area contributed by atoms with Crippen LogP contribution in [0.5, 0.6) is 0 Å². The van der Waals surface area contributed by atoms with Gasteiger partial charge in [0.05, 0.1) is 12.1 Å². The fraction of sp³-hybridized carbons (Fsp3) is 0.241. The lowest BCUT2D eigenvalue weighted by Crippen LogP contribution is -2.61. The van der Waals surface area contributed by atoms with Crippen molar-refractivity contribution < 1.29 is 19.5 Å². The molecular weight excluding hydrogens is 468 g/mol. The Kier molecular flexibility index (Phi) is 7.38. The van der Waals surface area contributed by atoms with Crippen LogP contribution in [0, 0.1) is 0 Å². The molecule has 1 aliphatic rings. The van der Waals surface area contributed by atoms with Gasteiger partial charge in [-0.25, -0.2) is 4.79 Å². The van der Waals surface area contributed by atoms with Gasteiger partial charge in [0, 0.05) is 17.5 Å². The van der Waals surface area contributed by atoms with E-state index in [4.69, 9.17) is 0 Å². The Hall–Kier alpha value is -4.46. The van der Waals surface area contributed by atoms with E-state index in [0.717, 1.165) is 11.1 Å². The summed E-state index contributed by atoms with van der Waals surface area (Å²) in [6.45, 7) is 5.55. The Morgan fingerprint density at radius 3 is 2.16 bits per heavy atom. The van der Waals surface area contributed by atoms with E-state index in [9.17, 15) is 19.5 Å². The van der Waals surface area contributed by atoms with Crippen molar-refractivity contribution in [3.8, 4) is 0 Å². The van der Waals surface area contributed by atoms with Crippen LogP contribution in [-0.4, -0.2) is 39.4 Å². The van der Waals surface area contributed by atoms with Crippen LogP contribution in [0.3, 0.4) is 0 Å². The van der Waals surface area contributed by atoms with E-state index in [-0.39, 0.29) is 30.2 Å². The first kappa shape index (κ1) is 25.6. The first-order valence-corrected chi connectivity index (χ1v) is 12.1. The molecule has 0 bridgehead atoms. The van der Waals surface area contributed by atoms with Crippen LogP contribution in [0.1, 0.15) is 66.3 Å². The number of hydrogen-bond acceptors (Lipinski definition) is 3. The molecule has 0 aliphatic carbocycles. The fourth-order valence-corrected chi connectivity index (χ4v) is 4.51. The zero-order chi connectivity index (χ0) is 26.6. The van der Waals surface area contributed by atoms with Crippen LogP contribution in [-0.2, 0) is 4.79 Å². The molecule has 0 aromatic heterocycles. The van der Waals surface area contributed by atoms with E-state index < -0.39 is 17.7 Å². The Morgan fingerprint density at radius 1 is 0.946 bits per heavy atom. The van der Waals surface area contributed by atoms with E-state index >= 15 is 0 Å². The van der Waals surface area contributed by atoms with Gasteiger partial charge in [0.2, 0.25) is 11.9 Å². The van der Waals surface area contributed by atoms with Gasteiger partial charge in [0.25, 0.3) is 5.91 Å². The quantitative estimate of drug-likeness (QED) is 0.448. The second kappa shape index (κ2) is 10.7. The number of carboxylic acid groups (broad SMARTS) is 1. The molecule has 8 heteroatoms. The number of nitrogens with one attached hydrogen (secondary N) is 2. The average Bonchev–Trinajstić information content (AvgIpc) is 2.86. The molecule has 2 atom stereocenters. The van der Waals surface area contributed by atoms with Crippen molar-refractivity contribution in [1.29, 1.82) is 0 Å². The van der Waals surface area contributed by atoms with Crippen molar-refractivity contribution in [2.45, 2.75) is 44.8 Å². The third kappa shape index (κ3) is 6.03. The summed E-state index contributed by atoms with van der Waals surface area (Å²) in [5.74, 6) is -0.575. The number of amides is 3. The molecule has 37 heavy (non-hydrogen) atoms. The third-order valence-corrected chi connectivity index (χ3v) is 6.23. The summed E-state index contributed by atoms with van der Waals surface area (Å²) < 4.78 is 0. The molecule has 1 unspecified atom stereocenters. The van der Waals surface area contributed by atoms with E-state index in [1.165, 1.54) is 4.90 Å². The fourth-order valence-electron chi connectivity index (χ4n) is 4.51. The summed E-state index contributed by atoms with van der Waals surface area (Å²) in [6, 6.07) is 25.1. The summed E-state index contributed by atoms with van der Waals surface area (Å²) >= 11 is 0. The van der Waals surface area contributed by atoms with Crippen LogP contribution < -0.4 is 10.6 Å². The van der Waals surface area contributed by atoms with Crippen molar-refractivity contribution in [2.24, 2.45) is 4.99 Å². The predicted molar refractivity (Wildman–Crippen MR) is 141 cm³/mol. The smallest absolute Gasteiger partial charge is 0.434 e. The van der Waals surface area contributed by atoms with Crippen LogP contribution in [0.15, 0.2) is 89.9 Å². The first-order chi connectivity index (χ1) is 17.6. The summed E-state index contributed by atoms with van der Waals surface area (Å²) in [4.78, 5) is 43.3. The van der Waals surface area contributed by atoms with Crippen molar-refractivity contribution in [3.63, 3.8) is 0 Å². The van der Waals surface area contributed by atoms with E-state index in [0.29, 0.717) is 11.1 Å². The zero-order valence-corrected chi connectivity index (χ0v) is 21.0.